The second kappa shape index (κ2) is 8.81. The van der Waals surface area contributed by atoms with Gasteiger partial charge in [0, 0.05) is 24.5 Å². The van der Waals surface area contributed by atoms with Crippen LogP contribution >= 0.6 is 0 Å². The fraction of sp³-hybridized carbons (Fsp3) is 0.526. The van der Waals surface area contributed by atoms with E-state index in [1.807, 2.05) is 6.08 Å². The van der Waals surface area contributed by atoms with Gasteiger partial charge in [-0.25, -0.2) is 8.78 Å². The Morgan fingerprint density at radius 3 is 2.75 bits per heavy atom. The molecule has 132 valence electrons. The first-order chi connectivity index (χ1) is 11.6. The summed E-state index contributed by atoms with van der Waals surface area (Å²) in [5, 5.41) is 0. The topological polar surface area (TPSA) is 23.6 Å². The minimum Gasteiger partial charge on any atom is -0.342 e. The van der Waals surface area contributed by atoms with Crippen LogP contribution in [0.25, 0.3) is 0 Å². The summed E-state index contributed by atoms with van der Waals surface area (Å²) >= 11 is 0. The highest BCUT2D eigenvalue weighted by molar-refractivity contribution is 5.50. The van der Waals surface area contributed by atoms with Crippen LogP contribution in [0.1, 0.15) is 39.0 Å². The average molecular weight is 336 g/mol. The van der Waals surface area contributed by atoms with Gasteiger partial charge in [-0.3, -0.25) is 4.79 Å². The van der Waals surface area contributed by atoms with Crippen LogP contribution in [0.4, 0.5) is 8.78 Å². The van der Waals surface area contributed by atoms with Gasteiger partial charge in [0.2, 0.25) is 6.41 Å². The summed E-state index contributed by atoms with van der Waals surface area (Å²) < 4.78 is 25.9. The number of hydrogen-bond donors (Lipinski definition) is 0. The van der Waals surface area contributed by atoms with Crippen molar-refractivity contribution in [2.45, 2.75) is 51.5 Å². The molecule has 3 nitrogen and oxygen atoms in total. The highest BCUT2D eigenvalue weighted by Gasteiger charge is 2.29. The maximum Gasteiger partial charge on any atom is 0.256 e. The highest BCUT2D eigenvalue weighted by atomic mass is 19.3. The Morgan fingerprint density at radius 2 is 2.21 bits per heavy atom. The molecular weight excluding hydrogens is 310 g/mol. The van der Waals surface area contributed by atoms with E-state index in [0.29, 0.717) is 19.0 Å². The maximum atomic E-state index is 12.9. The van der Waals surface area contributed by atoms with Crippen molar-refractivity contribution < 1.29 is 13.6 Å². The summed E-state index contributed by atoms with van der Waals surface area (Å²) in [4.78, 5) is 14.6. The molecule has 1 saturated carbocycles. The molecule has 0 unspecified atom stereocenters. The minimum atomic E-state index is -2.43. The van der Waals surface area contributed by atoms with Gasteiger partial charge in [-0.1, -0.05) is 32.1 Å². The fourth-order valence-electron chi connectivity index (χ4n) is 2.93. The molecule has 1 aliphatic heterocycles. The lowest BCUT2D eigenvalue weighted by molar-refractivity contribution is -0.118. The Kier molecular flexibility index (Phi) is 6.76. The second-order valence-electron chi connectivity index (χ2n) is 6.32. The largest absolute Gasteiger partial charge is 0.342 e. The first-order valence-corrected chi connectivity index (χ1v) is 8.56. The predicted molar refractivity (Wildman–Crippen MR) is 92.5 cm³/mol. The zero-order chi connectivity index (χ0) is 17.5. The van der Waals surface area contributed by atoms with Crippen LogP contribution in [0.15, 0.2) is 47.9 Å². The van der Waals surface area contributed by atoms with Crippen molar-refractivity contribution in [3.05, 3.63) is 47.9 Å². The smallest absolute Gasteiger partial charge is 0.256 e. The van der Waals surface area contributed by atoms with E-state index in [-0.39, 0.29) is 6.54 Å². The van der Waals surface area contributed by atoms with Crippen LogP contribution < -0.4 is 0 Å². The van der Waals surface area contributed by atoms with Crippen molar-refractivity contribution in [3.8, 4) is 0 Å². The third kappa shape index (κ3) is 5.05. The molecule has 24 heavy (non-hydrogen) atoms. The molecule has 1 fully saturated rings. The number of alkyl halides is 2. The molecule has 0 aromatic carbocycles. The van der Waals surface area contributed by atoms with Gasteiger partial charge in [-0.05, 0) is 42.9 Å². The van der Waals surface area contributed by atoms with Crippen molar-refractivity contribution >= 4 is 6.41 Å². The Hall–Kier alpha value is -1.91. The molecular formula is C19H26F2N2O. The molecule has 0 aromatic rings. The van der Waals surface area contributed by atoms with Crippen LogP contribution in [-0.2, 0) is 4.79 Å². The Labute approximate surface area is 143 Å². The van der Waals surface area contributed by atoms with Crippen molar-refractivity contribution in [1.29, 1.82) is 0 Å². The molecule has 0 aromatic heterocycles. The molecule has 2 aliphatic rings. The van der Waals surface area contributed by atoms with E-state index in [0.717, 1.165) is 48.9 Å². The van der Waals surface area contributed by atoms with Gasteiger partial charge in [0.1, 0.15) is 0 Å². The molecule has 1 aliphatic carbocycles. The van der Waals surface area contributed by atoms with Crippen molar-refractivity contribution in [2.75, 3.05) is 13.1 Å². The van der Waals surface area contributed by atoms with Crippen LogP contribution in [0.5, 0.6) is 0 Å². The van der Waals surface area contributed by atoms with Gasteiger partial charge in [0.15, 0.2) is 0 Å². The second-order valence-corrected chi connectivity index (χ2v) is 6.32. The summed E-state index contributed by atoms with van der Waals surface area (Å²) in [6, 6.07) is 0.316. The number of carbonyl (C=O) groups is 1. The molecule has 1 amide bonds. The summed E-state index contributed by atoms with van der Waals surface area (Å²) in [7, 11) is 0. The normalized spacial score (nSPS) is 18.3. The lowest BCUT2D eigenvalue weighted by atomic mass is 9.98. The molecule has 0 atom stereocenters. The lowest BCUT2D eigenvalue weighted by Crippen LogP contribution is -2.31. The molecule has 0 N–H and O–H groups in total. The van der Waals surface area contributed by atoms with E-state index in [9.17, 15) is 13.6 Å². The minimum absolute atomic E-state index is 0.316. The first kappa shape index (κ1) is 18.4. The maximum absolute atomic E-state index is 12.9. The van der Waals surface area contributed by atoms with Gasteiger partial charge in [0.05, 0.1) is 6.54 Å². The number of hydrogen-bond acceptors (Lipinski definition) is 2. The van der Waals surface area contributed by atoms with Gasteiger partial charge in [0.25, 0.3) is 6.43 Å². The van der Waals surface area contributed by atoms with Crippen molar-refractivity contribution in [2.24, 2.45) is 0 Å². The van der Waals surface area contributed by atoms with Gasteiger partial charge in [-0.2, -0.15) is 0 Å². The Balaban J connectivity index is 2.20. The van der Waals surface area contributed by atoms with E-state index in [4.69, 9.17) is 0 Å². The number of allylic oxidation sites excluding steroid dienone is 4. The van der Waals surface area contributed by atoms with Crippen LogP contribution in [-0.4, -0.2) is 41.8 Å². The van der Waals surface area contributed by atoms with E-state index >= 15 is 0 Å². The zero-order valence-electron chi connectivity index (χ0n) is 14.3. The zero-order valence-corrected chi connectivity index (χ0v) is 14.3. The molecule has 0 radical (unpaired) electrons. The lowest BCUT2D eigenvalue weighted by Gasteiger charge is -2.31. The molecule has 0 spiro atoms. The monoisotopic (exact) mass is 336 g/mol. The number of nitrogens with zero attached hydrogens (tertiary/aromatic N) is 2. The third-order valence-electron chi connectivity index (χ3n) is 4.23. The van der Waals surface area contributed by atoms with E-state index in [2.05, 4.69) is 19.6 Å². The van der Waals surface area contributed by atoms with E-state index in [1.165, 1.54) is 0 Å². The molecule has 0 bridgehead atoms. The SMILES string of the molecule is C=CC1=C(/C=C\CCC)CC(CN(C=O)C2CC2)=CN1CC(F)F. The number of amides is 1. The summed E-state index contributed by atoms with van der Waals surface area (Å²) in [6.07, 6.45) is 10.6. The third-order valence-corrected chi connectivity index (χ3v) is 4.23. The van der Waals surface area contributed by atoms with Crippen LogP contribution in [0, 0.1) is 0 Å². The van der Waals surface area contributed by atoms with Crippen molar-refractivity contribution in [3.63, 3.8) is 0 Å². The highest BCUT2D eigenvalue weighted by Crippen LogP contribution is 2.31. The molecule has 1 heterocycles. The quantitative estimate of drug-likeness (QED) is 0.557. The number of rotatable bonds is 10. The molecule has 5 heteroatoms. The first-order valence-electron chi connectivity index (χ1n) is 8.56. The van der Waals surface area contributed by atoms with E-state index in [1.54, 1.807) is 22.1 Å². The van der Waals surface area contributed by atoms with Crippen LogP contribution in [0.3, 0.4) is 0 Å². The number of unbranched alkanes of at least 4 members (excludes halogenated alkanes) is 1. The fourth-order valence-corrected chi connectivity index (χ4v) is 2.93. The molecule has 2 rings (SSSR count). The van der Waals surface area contributed by atoms with Crippen LogP contribution in [0.2, 0.25) is 0 Å². The predicted octanol–water partition coefficient (Wildman–Crippen LogP) is 4.26. The van der Waals surface area contributed by atoms with Gasteiger partial charge in [-0.15, -0.1) is 0 Å². The summed E-state index contributed by atoms with van der Waals surface area (Å²) in [6.45, 7) is 6.03. The Morgan fingerprint density at radius 1 is 1.46 bits per heavy atom. The summed E-state index contributed by atoms with van der Waals surface area (Å²) in [5.41, 5.74) is 2.70. The van der Waals surface area contributed by atoms with Crippen molar-refractivity contribution in [1.82, 2.24) is 9.80 Å². The molecule has 0 saturated heterocycles. The standard InChI is InChI=1S/C19H26F2N2O/c1-3-5-6-7-16-10-15(12-23(14-24)17-8-9-17)11-22(13-19(20)21)18(16)4-2/h4,6-7,11,14,17,19H,2-3,5,8-10,12-13H2,1H3/b7-6-. The average Bonchev–Trinajstić information content (AvgIpc) is 3.37. The summed E-state index contributed by atoms with van der Waals surface area (Å²) in [5.74, 6) is 0. The van der Waals surface area contributed by atoms with E-state index < -0.39 is 6.43 Å². The Bertz CT molecular complexity index is 548. The number of carbonyl (C=O) groups excluding carboxylic acids is 1. The van der Waals surface area contributed by atoms with Gasteiger partial charge >= 0.3 is 0 Å². The number of halogens is 2. The van der Waals surface area contributed by atoms with Gasteiger partial charge < -0.3 is 9.80 Å².